The van der Waals surface area contributed by atoms with E-state index in [1.165, 1.54) is 26.4 Å². The van der Waals surface area contributed by atoms with Crippen LogP contribution in [-0.4, -0.2) is 48.2 Å². The molecule has 0 atom stereocenters. The van der Waals surface area contributed by atoms with Crippen molar-refractivity contribution in [3.8, 4) is 17.2 Å². The fraction of sp³-hybridized carbons (Fsp3) is 0.208. The van der Waals surface area contributed by atoms with Crippen LogP contribution in [0.3, 0.4) is 0 Å². The normalized spacial score (nSPS) is 10.9. The molecule has 0 aliphatic carbocycles. The van der Waals surface area contributed by atoms with Gasteiger partial charge in [-0.25, -0.2) is 8.42 Å². The summed E-state index contributed by atoms with van der Waals surface area (Å²) in [5.41, 5.74) is 0.244. The Bertz CT molecular complexity index is 1200. The van der Waals surface area contributed by atoms with E-state index in [-0.39, 0.29) is 23.7 Å². The largest absolute Gasteiger partial charge is 0.497 e. The number of sulfonamides is 1. The van der Waals surface area contributed by atoms with Crippen LogP contribution in [0.1, 0.15) is 0 Å². The summed E-state index contributed by atoms with van der Waals surface area (Å²) in [5.74, 6) is 0.943. The number of carbonyl (C=O) groups is 1. The first-order valence-electron chi connectivity index (χ1n) is 10.3. The fourth-order valence-corrected chi connectivity index (χ4v) is 4.64. The standard InChI is InChI=1S/C24H25ClN2O6S/c1-31-19-11-13-21(14-12-19)34(29,30)27(22-5-3-4-6-23(22)32-2)17-24(28)26-15-16-33-20-9-7-18(25)8-10-20/h3-14H,15-17H2,1-2H3,(H,26,28). The van der Waals surface area contributed by atoms with Gasteiger partial charge in [0.1, 0.15) is 30.4 Å². The van der Waals surface area contributed by atoms with Crippen LogP contribution in [0.5, 0.6) is 17.2 Å². The molecule has 0 heterocycles. The van der Waals surface area contributed by atoms with Gasteiger partial charge in [-0.2, -0.15) is 0 Å². The fourth-order valence-electron chi connectivity index (χ4n) is 3.09. The molecule has 0 saturated heterocycles. The number of rotatable bonds is 11. The zero-order valence-corrected chi connectivity index (χ0v) is 20.3. The summed E-state index contributed by atoms with van der Waals surface area (Å²) in [6.07, 6.45) is 0. The summed E-state index contributed by atoms with van der Waals surface area (Å²) in [4.78, 5) is 12.7. The van der Waals surface area contributed by atoms with Crippen molar-refractivity contribution in [3.05, 3.63) is 77.8 Å². The molecule has 1 N–H and O–H groups in total. The summed E-state index contributed by atoms with van der Waals surface area (Å²) in [5, 5.41) is 3.28. The molecular weight excluding hydrogens is 480 g/mol. The molecule has 34 heavy (non-hydrogen) atoms. The summed E-state index contributed by atoms with van der Waals surface area (Å²) in [7, 11) is -1.16. The molecule has 0 aliphatic rings. The van der Waals surface area contributed by atoms with Gasteiger partial charge in [-0.15, -0.1) is 0 Å². The van der Waals surface area contributed by atoms with Gasteiger partial charge in [0.05, 0.1) is 31.3 Å². The third-order valence-corrected chi connectivity index (χ3v) is 6.82. The second-order valence-corrected chi connectivity index (χ2v) is 9.31. The molecule has 0 fully saturated rings. The highest BCUT2D eigenvalue weighted by Gasteiger charge is 2.29. The number of hydrogen-bond donors (Lipinski definition) is 1. The zero-order chi connectivity index (χ0) is 24.6. The minimum Gasteiger partial charge on any atom is -0.497 e. The van der Waals surface area contributed by atoms with E-state index in [0.717, 1.165) is 4.31 Å². The van der Waals surface area contributed by atoms with Gasteiger partial charge >= 0.3 is 0 Å². The van der Waals surface area contributed by atoms with Crippen molar-refractivity contribution in [1.82, 2.24) is 5.32 Å². The quantitative estimate of drug-likeness (QED) is 0.400. The molecule has 0 spiro atoms. The van der Waals surface area contributed by atoms with E-state index in [4.69, 9.17) is 25.8 Å². The molecule has 0 aliphatic heterocycles. The lowest BCUT2D eigenvalue weighted by atomic mass is 10.3. The van der Waals surface area contributed by atoms with E-state index < -0.39 is 22.5 Å². The molecule has 0 saturated carbocycles. The Kier molecular flexibility index (Phi) is 8.61. The van der Waals surface area contributed by atoms with Crippen LogP contribution in [0.4, 0.5) is 5.69 Å². The first kappa shape index (κ1) is 25.2. The van der Waals surface area contributed by atoms with E-state index in [2.05, 4.69) is 5.32 Å². The number of amides is 1. The van der Waals surface area contributed by atoms with Crippen molar-refractivity contribution in [1.29, 1.82) is 0 Å². The Labute approximate surface area is 204 Å². The second-order valence-electron chi connectivity index (χ2n) is 7.01. The van der Waals surface area contributed by atoms with Gasteiger partial charge in [0.15, 0.2) is 0 Å². The van der Waals surface area contributed by atoms with E-state index in [0.29, 0.717) is 22.3 Å². The molecule has 3 rings (SSSR count). The van der Waals surface area contributed by atoms with Gasteiger partial charge in [0, 0.05) is 5.02 Å². The van der Waals surface area contributed by atoms with Crippen LogP contribution in [0.2, 0.25) is 5.02 Å². The highest BCUT2D eigenvalue weighted by atomic mass is 35.5. The van der Waals surface area contributed by atoms with Gasteiger partial charge in [0.2, 0.25) is 5.91 Å². The van der Waals surface area contributed by atoms with Crippen molar-refractivity contribution in [2.45, 2.75) is 4.90 Å². The monoisotopic (exact) mass is 504 g/mol. The Balaban J connectivity index is 1.75. The van der Waals surface area contributed by atoms with Gasteiger partial charge in [-0.1, -0.05) is 23.7 Å². The van der Waals surface area contributed by atoms with Crippen molar-refractivity contribution in [2.75, 3.05) is 38.2 Å². The van der Waals surface area contributed by atoms with Gasteiger partial charge < -0.3 is 19.5 Å². The SMILES string of the molecule is COc1ccc(S(=O)(=O)N(CC(=O)NCCOc2ccc(Cl)cc2)c2ccccc2OC)cc1. The lowest BCUT2D eigenvalue weighted by Crippen LogP contribution is -2.42. The number of ether oxygens (including phenoxy) is 3. The maximum Gasteiger partial charge on any atom is 0.264 e. The Morgan fingerprint density at radius 1 is 0.912 bits per heavy atom. The van der Waals surface area contributed by atoms with Crippen LogP contribution in [-0.2, 0) is 14.8 Å². The molecule has 1 amide bonds. The first-order chi connectivity index (χ1) is 16.3. The second kappa shape index (κ2) is 11.6. The molecule has 3 aromatic carbocycles. The number of anilines is 1. The van der Waals surface area contributed by atoms with Crippen molar-refractivity contribution >= 4 is 33.2 Å². The summed E-state index contributed by atoms with van der Waals surface area (Å²) in [6.45, 7) is -0.0627. The van der Waals surface area contributed by atoms with E-state index in [9.17, 15) is 13.2 Å². The zero-order valence-electron chi connectivity index (χ0n) is 18.7. The molecule has 10 heteroatoms. The Hall–Kier alpha value is -3.43. The molecule has 0 radical (unpaired) electrons. The summed E-state index contributed by atoms with van der Waals surface area (Å²) < 4.78 is 44.0. The number of hydrogen-bond acceptors (Lipinski definition) is 6. The minimum absolute atomic E-state index is 0.0121. The van der Waals surface area contributed by atoms with Crippen LogP contribution in [0.25, 0.3) is 0 Å². The summed E-state index contributed by atoms with van der Waals surface area (Å²) >= 11 is 5.85. The average molecular weight is 505 g/mol. The number of nitrogens with one attached hydrogen (secondary N) is 1. The highest BCUT2D eigenvalue weighted by molar-refractivity contribution is 7.92. The number of methoxy groups -OCH3 is 2. The smallest absolute Gasteiger partial charge is 0.264 e. The molecule has 0 unspecified atom stereocenters. The van der Waals surface area contributed by atoms with E-state index in [1.54, 1.807) is 60.7 Å². The molecule has 0 aromatic heterocycles. The molecular formula is C24H25ClN2O6S. The van der Waals surface area contributed by atoms with Crippen molar-refractivity contribution in [3.63, 3.8) is 0 Å². The molecule has 180 valence electrons. The first-order valence-corrected chi connectivity index (χ1v) is 12.1. The van der Waals surface area contributed by atoms with Gasteiger partial charge in [-0.3, -0.25) is 9.10 Å². The topological polar surface area (TPSA) is 94.2 Å². The predicted octanol–water partition coefficient (Wildman–Crippen LogP) is 3.75. The number of halogens is 1. The predicted molar refractivity (Wildman–Crippen MR) is 130 cm³/mol. The van der Waals surface area contributed by atoms with Crippen LogP contribution < -0.4 is 23.8 Å². The maximum atomic E-state index is 13.5. The van der Waals surface area contributed by atoms with Crippen LogP contribution in [0, 0.1) is 0 Å². The van der Waals surface area contributed by atoms with Crippen LogP contribution in [0.15, 0.2) is 77.7 Å². The Morgan fingerprint density at radius 3 is 2.21 bits per heavy atom. The number of nitrogens with zero attached hydrogens (tertiary/aromatic N) is 1. The van der Waals surface area contributed by atoms with E-state index >= 15 is 0 Å². The highest BCUT2D eigenvalue weighted by Crippen LogP contribution is 2.32. The number of para-hydroxylation sites is 2. The molecule has 0 bridgehead atoms. The maximum absolute atomic E-state index is 13.5. The number of benzene rings is 3. The minimum atomic E-state index is -4.09. The third kappa shape index (κ3) is 6.33. The molecule has 3 aromatic rings. The van der Waals surface area contributed by atoms with Gasteiger partial charge in [0.25, 0.3) is 10.0 Å². The third-order valence-electron chi connectivity index (χ3n) is 4.80. The van der Waals surface area contributed by atoms with E-state index in [1.807, 2.05) is 0 Å². The molecule has 8 nitrogen and oxygen atoms in total. The summed E-state index contributed by atoms with van der Waals surface area (Å²) in [6, 6.07) is 19.4. The number of carbonyl (C=O) groups excluding carboxylic acids is 1. The van der Waals surface area contributed by atoms with Crippen LogP contribution >= 0.6 is 11.6 Å². The lowest BCUT2D eigenvalue weighted by molar-refractivity contribution is -0.119. The Morgan fingerprint density at radius 2 is 1.56 bits per heavy atom. The van der Waals surface area contributed by atoms with Crippen molar-refractivity contribution in [2.24, 2.45) is 0 Å². The van der Waals surface area contributed by atoms with Gasteiger partial charge in [-0.05, 0) is 60.7 Å². The lowest BCUT2D eigenvalue weighted by Gasteiger charge is -2.25. The average Bonchev–Trinajstić information content (AvgIpc) is 2.86. The van der Waals surface area contributed by atoms with Crippen molar-refractivity contribution < 1.29 is 27.4 Å².